The van der Waals surface area contributed by atoms with Crippen molar-refractivity contribution in [2.24, 2.45) is 0 Å². The van der Waals surface area contributed by atoms with Crippen LogP contribution >= 0.6 is 23.1 Å². The van der Waals surface area contributed by atoms with E-state index in [1.807, 2.05) is 35.7 Å². The first-order chi connectivity index (χ1) is 13.6. The second kappa shape index (κ2) is 9.86. The molecular weight excluding hydrogens is 390 g/mol. The lowest BCUT2D eigenvalue weighted by Crippen LogP contribution is -3.07. The normalized spacial score (nSPS) is 12.3. The molecule has 1 aromatic carbocycles. The van der Waals surface area contributed by atoms with Gasteiger partial charge in [0.25, 0.3) is 0 Å². The fourth-order valence-corrected chi connectivity index (χ4v) is 4.56. The van der Waals surface area contributed by atoms with Gasteiger partial charge < -0.3 is 14.8 Å². The number of hydrogen-bond donors (Lipinski definition) is 2. The summed E-state index contributed by atoms with van der Waals surface area (Å²) in [5.74, 6) is 1.20. The summed E-state index contributed by atoms with van der Waals surface area (Å²) in [4.78, 5) is 14.8. The summed E-state index contributed by atoms with van der Waals surface area (Å²) in [5.41, 5.74) is 1.22. The number of hydrogen-bond acceptors (Lipinski definition) is 5. The maximum atomic E-state index is 12.4. The Morgan fingerprint density at radius 3 is 2.64 bits per heavy atom. The molecule has 0 saturated carbocycles. The molecule has 2 heterocycles. The summed E-state index contributed by atoms with van der Waals surface area (Å²) in [6.07, 6.45) is 0. The topological polar surface area (TPSA) is 64.2 Å². The van der Waals surface area contributed by atoms with Crippen molar-refractivity contribution in [1.82, 2.24) is 20.1 Å². The molecule has 1 atom stereocenters. The first-order valence-corrected chi connectivity index (χ1v) is 11.2. The van der Waals surface area contributed by atoms with E-state index in [0.717, 1.165) is 22.4 Å². The second-order valence-electron chi connectivity index (χ2n) is 6.66. The Balaban J connectivity index is 1.57. The third-order valence-electron chi connectivity index (χ3n) is 4.51. The quantitative estimate of drug-likeness (QED) is 0.525. The van der Waals surface area contributed by atoms with E-state index in [0.29, 0.717) is 12.3 Å². The predicted octanol–water partition coefficient (Wildman–Crippen LogP) is 2.12. The molecule has 2 aromatic heterocycles. The van der Waals surface area contributed by atoms with Gasteiger partial charge in [0.05, 0.1) is 31.3 Å². The Hall–Kier alpha value is -2.16. The Kier molecular flexibility index (Phi) is 7.24. The minimum absolute atomic E-state index is 0.00973. The van der Waals surface area contributed by atoms with Gasteiger partial charge in [-0.25, -0.2) is 0 Å². The van der Waals surface area contributed by atoms with Gasteiger partial charge in [0, 0.05) is 12.1 Å². The number of nitrogens with zero attached hydrogens (tertiary/aromatic N) is 3. The van der Waals surface area contributed by atoms with E-state index in [4.69, 9.17) is 0 Å². The number of aromatic nitrogens is 3. The number of amides is 1. The molecule has 0 radical (unpaired) electrons. The lowest BCUT2D eigenvalue weighted by atomic mass is 10.1. The van der Waals surface area contributed by atoms with Crippen LogP contribution in [0.15, 0.2) is 53.0 Å². The first-order valence-electron chi connectivity index (χ1n) is 9.31. The Bertz CT molecular complexity index is 877. The molecule has 3 aromatic rings. The summed E-state index contributed by atoms with van der Waals surface area (Å²) in [5, 5.41) is 14.5. The molecule has 148 valence electrons. The van der Waals surface area contributed by atoms with Crippen LogP contribution in [-0.2, 0) is 11.3 Å². The summed E-state index contributed by atoms with van der Waals surface area (Å²) in [7, 11) is 4.21. The van der Waals surface area contributed by atoms with E-state index in [1.165, 1.54) is 22.2 Å². The van der Waals surface area contributed by atoms with Crippen molar-refractivity contribution in [3.05, 3.63) is 53.4 Å². The molecule has 0 aliphatic carbocycles. The van der Waals surface area contributed by atoms with Gasteiger partial charge in [-0.2, -0.15) is 0 Å². The summed E-state index contributed by atoms with van der Waals surface area (Å²) in [6, 6.07) is 14.6. The minimum Gasteiger partial charge on any atom is -0.349 e. The number of thioether (sulfide) groups is 1. The molecule has 3 rings (SSSR count). The molecule has 6 nitrogen and oxygen atoms in total. The average molecular weight is 417 g/mol. The van der Waals surface area contributed by atoms with Gasteiger partial charge >= 0.3 is 0 Å². The van der Waals surface area contributed by atoms with Crippen molar-refractivity contribution < 1.29 is 9.69 Å². The highest BCUT2D eigenvalue weighted by atomic mass is 32.2. The lowest BCUT2D eigenvalue weighted by molar-refractivity contribution is -0.890. The van der Waals surface area contributed by atoms with Crippen molar-refractivity contribution in [3.8, 4) is 10.7 Å². The molecule has 28 heavy (non-hydrogen) atoms. The maximum Gasteiger partial charge on any atom is 0.230 e. The zero-order chi connectivity index (χ0) is 19.9. The molecule has 0 aliphatic heterocycles. The van der Waals surface area contributed by atoms with Crippen LogP contribution in [0.25, 0.3) is 10.7 Å². The van der Waals surface area contributed by atoms with Gasteiger partial charge in [0.1, 0.15) is 6.04 Å². The third kappa shape index (κ3) is 5.01. The molecule has 0 unspecified atom stereocenters. The number of quaternary nitrogens is 1. The van der Waals surface area contributed by atoms with Gasteiger partial charge in [-0.05, 0) is 18.4 Å². The molecular formula is C20H26N5OS2+. The molecule has 1 amide bonds. The Morgan fingerprint density at radius 2 is 2.00 bits per heavy atom. The third-order valence-corrected chi connectivity index (χ3v) is 6.34. The van der Waals surface area contributed by atoms with Gasteiger partial charge in [-0.15, -0.1) is 21.5 Å². The van der Waals surface area contributed by atoms with Crippen molar-refractivity contribution >= 4 is 29.0 Å². The van der Waals surface area contributed by atoms with Crippen molar-refractivity contribution in [3.63, 3.8) is 0 Å². The number of benzene rings is 1. The smallest absolute Gasteiger partial charge is 0.230 e. The van der Waals surface area contributed by atoms with Crippen LogP contribution in [0.1, 0.15) is 18.5 Å². The molecule has 0 spiro atoms. The highest BCUT2D eigenvalue weighted by Crippen LogP contribution is 2.27. The van der Waals surface area contributed by atoms with Gasteiger partial charge in [-0.3, -0.25) is 4.79 Å². The number of nitrogens with one attached hydrogen (secondary N) is 2. The lowest BCUT2D eigenvalue weighted by Gasteiger charge is -2.22. The van der Waals surface area contributed by atoms with Crippen LogP contribution in [0, 0.1) is 0 Å². The first kappa shape index (κ1) is 20.6. The van der Waals surface area contributed by atoms with Crippen LogP contribution in [-0.4, -0.2) is 47.1 Å². The van der Waals surface area contributed by atoms with Gasteiger partial charge in [0.15, 0.2) is 11.0 Å². The van der Waals surface area contributed by atoms with E-state index in [2.05, 4.69) is 53.2 Å². The highest BCUT2D eigenvalue weighted by Gasteiger charge is 2.19. The van der Waals surface area contributed by atoms with E-state index >= 15 is 0 Å². The zero-order valence-electron chi connectivity index (χ0n) is 16.4. The predicted molar refractivity (Wildman–Crippen MR) is 115 cm³/mol. The summed E-state index contributed by atoms with van der Waals surface area (Å²) < 4.78 is 2.06. The van der Waals surface area contributed by atoms with E-state index < -0.39 is 0 Å². The number of carbonyl (C=O) groups is 1. The fourth-order valence-electron chi connectivity index (χ4n) is 3.01. The molecule has 0 fully saturated rings. The second-order valence-corrected chi connectivity index (χ2v) is 8.55. The van der Waals surface area contributed by atoms with Gasteiger partial charge in [-0.1, -0.05) is 48.2 Å². The number of thiophene rings is 1. The largest absolute Gasteiger partial charge is 0.349 e. The molecule has 0 saturated heterocycles. The summed E-state index contributed by atoms with van der Waals surface area (Å²) in [6.45, 7) is 3.44. The molecule has 8 heteroatoms. The van der Waals surface area contributed by atoms with Crippen LogP contribution < -0.4 is 10.2 Å². The monoisotopic (exact) mass is 416 g/mol. The SMILES string of the molecule is CCn1c(SCC(=O)NC[C@@H](c2ccccc2)[NH+](C)C)nnc1-c1cccs1. The fraction of sp³-hybridized carbons (Fsp3) is 0.350. The van der Waals surface area contributed by atoms with Crippen LogP contribution in [0.3, 0.4) is 0 Å². The van der Waals surface area contributed by atoms with E-state index in [9.17, 15) is 4.79 Å². The van der Waals surface area contributed by atoms with E-state index in [1.54, 1.807) is 11.3 Å². The van der Waals surface area contributed by atoms with Crippen molar-refractivity contribution in [2.75, 3.05) is 26.4 Å². The van der Waals surface area contributed by atoms with Crippen molar-refractivity contribution in [1.29, 1.82) is 0 Å². The van der Waals surface area contributed by atoms with Gasteiger partial charge in [0.2, 0.25) is 5.91 Å². The minimum atomic E-state index is 0.00973. The van der Waals surface area contributed by atoms with Crippen LogP contribution in [0.4, 0.5) is 0 Å². The number of likely N-dealkylation sites (N-methyl/N-ethyl adjacent to an activating group) is 1. The Labute approximate surface area is 174 Å². The summed E-state index contributed by atoms with van der Waals surface area (Å²) >= 11 is 3.07. The molecule has 0 aliphatic rings. The highest BCUT2D eigenvalue weighted by molar-refractivity contribution is 7.99. The average Bonchev–Trinajstić information content (AvgIpc) is 3.36. The van der Waals surface area contributed by atoms with Crippen molar-refractivity contribution in [2.45, 2.75) is 24.7 Å². The van der Waals surface area contributed by atoms with Crippen LogP contribution in [0.5, 0.6) is 0 Å². The number of carbonyl (C=O) groups excluding carboxylic acids is 1. The standard InChI is InChI=1S/C20H25N5OS2/c1-4-25-19(17-11-8-12-27-17)22-23-20(25)28-14-18(26)21-13-16(24(2)3)15-9-6-5-7-10-15/h5-12,16H,4,13-14H2,1-3H3,(H,21,26)/p+1/t16-/m0/s1. The van der Waals surface area contributed by atoms with E-state index in [-0.39, 0.29) is 11.9 Å². The molecule has 0 bridgehead atoms. The Morgan fingerprint density at radius 1 is 1.21 bits per heavy atom. The molecule has 2 N–H and O–H groups in total. The number of rotatable bonds is 9. The van der Waals surface area contributed by atoms with Crippen LogP contribution in [0.2, 0.25) is 0 Å². The maximum absolute atomic E-state index is 12.4. The zero-order valence-corrected chi connectivity index (χ0v) is 18.0.